The molecule has 122 valence electrons. The zero-order valence-corrected chi connectivity index (χ0v) is 13.3. The Labute approximate surface area is 130 Å². The molecule has 0 bridgehead atoms. The van der Waals surface area contributed by atoms with Crippen molar-refractivity contribution in [3.63, 3.8) is 0 Å². The highest BCUT2D eigenvalue weighted by Crippen LogP contribution is 2.14. The predicted molar refractivity (Wildman–Crippen MR) is 81.9 cm³/mol. The summed E-state index contributed by atoms with van der Waals surface area (Å²) in [5, 5.41) is 5.08. The summed E-state index contributed by atoms with van der Waals surface area (Å²) in [4.78, 5) is 11.3. The van der Waals surface area contributed by atoms with Gasteiger partial charge in [0.25, 0.3) is 0 Å². The molecule has 1 heterocycles. The Balaban J connectivity index is 1.91. The molecule has 0 unspecified atom stereocenters. The van der Waals surface area contributed by atoms with Gasteiger partial charge in [0.1, 0.15) is 0 Å². The molecule has 22 heavy (non-hydrogen) atoms. The predicted octanol–water partition coefficient (Wildman–Crippen LogP) is 0.573. The first-order valence-corrected chi connectivity index (χ1v) is 8.65. The molecule has 7 nitrogen and oxygen atoms in total. The van der Waals surface area contributed by atoms with E-state index in [1.165, 1.54) is 19.2 Å². The van der Waals surface area contributed by atoms with Gasteiger partial charge in [0.15, 0.2) is 0 Å². The van der Waals surface area contributed by atoms with Crippen molar-refractivity contribution in [1.29, 1.82) is 0 Å². The maximum atomic E-state index is 12.2. The second-order valence-corrected chi connectivity index (χ2v) is 6.83. The third-order valence-corrected chi connectivity index (χ3v) is 4.88. The van der Waals surface area contributed by atoms with E-state index < -0.39 is 10.0 Å². The standard InChI is InChI=1S/C14H21N3O4S/c1-15-14(18)16-9-11-4-6-13(7-5-11)22(19,20)17-10-12-3-2-8-21-12/h4-7,12,17H,2-3,8-10H2,1H3,(H2,15,16,18)/t12-/m0/s1. The van der Waals surface area contributed by atoms with Gasteiger partial charge in [-0.3, -0.25) is 0 Å². The van der Waals surface area contributed by atoms with Crippen LogP contribution in [0.15, 0.2) is 29.2 Å². The van der Waals surface area contributed by atoms with Crippen LogP contribution in [-0.2, 0) is 21.3 Å². The lowest BCUT2D eigenvalue weighted by Crippen LogP contribution is -2.32. The number of ether oxygens (including phenoxy) is 1. The van der Waals surface area contributed by atoms with Gasteiger partial charge in [0.05, 0.1) is 11.0 Å². The number of carbonyl (C=O) groups is 1. The Morgan fingerprint density at radius 2 is 2.05 bits per heavy atom. The van der Waals surface area contributed by atoms with Crippen molar-refractivity contribution in [2.24, 2.45) is 0 Å². The average Bonchev–Trinajstić information content (AvgIpc) is 3.04. The van der Waals surface area contributed by atoms with Crippen molar-refractivity contribution < 1.29 is 17.9 Å². The van der Waals surface area contributed by atoms with Crippen LogP contribution in [0.1, 0.15) is 18.4 Å². The largest absolute Gasteiger partial charge is 0.377 e. The molecule has 0 aromatic heterocycles. The molecule has 1 atom stereocenters. The second kappa shape index (κ2) is 7.57. The normalized spacial score (nSPS) is 18.1. The molecular weight excluding hydrogens is 306 g/mol. The summed E-state index contributed by atoms with van der Waals surface area (Å²) < 4.78 is 32.3. The SMILES string of the molecule is CNC(=O)NCc1ccc(S(=O)(=O)NC[C@@H]2CCCO2)cc1. The monoisotopic (exact) mass is 327 g/mol. The van der Waals surface area contributed by atoms with Gasteiger partial charge >= 0.3 is 6.03 Å². The summed E-state index contributed by atoms with van der Waals surface area (Å²) >= 11 is 0. The molecule has 2 rings (SSSR count). The molecule has 2 amide bonds. The van der Waals surface area contributed by atoms with Gasteiger partial charge in [-0.15, -0.1) is 0 Å². The molecule has 1 fully saturated rings. The second-order valence-electron chi connectivity index (χ2n) is 5.06. The number of hydrogen-bond acceptors (Lipinski definition) is 4. The lowest BCUT2D eigenvalue weighted by atomic mass is 10.2. The minimum Gasteiger partial charge on any atom is -0.377 e. The highest BCUT2D eigenvalue weighted by Gasteiger charge is 2.20. The smallest absolute Gasteiger partial charge is 0.314 e. The Morgan fingerprint density at radius 1 is 1.32 bits per heavy atom. The molecule has 0 saturated carbocycles. The minimum atomic E-state index is -3.53. The van der Waals surface area contributed by atoms with Gasteiger partial charge in [-0.2, -0.15) is 0 Å². The Morgan fingerprint density at radius 3 is 2.64 bits per heavy atom. The van der Waals surface area contributed by atoms with E-state index in [0.29, 0.717) is 19.7 Å². The average molecular weight is 327 g/mol. The van der Waals surface area contributed by atoms with Crippen LogP contribution in [0.25, 0.3) is 0 Å². The van der Waals surface area contributed by atoms with Crippen molar-refractivity contribution in [1.82, 2.24) is 15.4 Å². The van der Waals surface area contributed by atoms with E-state index in [2.05, 4.69) is 15.4 Å². The van der Waals surface area contributed by atoms with E-state index in [0.717, 1.165) is 18.4 Å². The number of nitrogens with one attached hydrogen (secondary N) is 3. The first kappa shape index (κ1) is 16.7. The van der Waals surface area contributed by atoms with Crippen molar-refractivity contribution in [2.75, 3.05) is 20.2 Å². The van der Waals surface area contributed by atoms with E-state index in [9.17, 15) is 13.2 Å². The molecule has 1 saturated heterocycles. The zero-order valence-electron chi connectivity index (χ0n) is 12.5. The quantitative estimate of drug-likeness (QED) is 0.712. The van der Waals surface area contributed by atoms with Crippen LogP contribution >= 0.6 is 0 Å². The van der Waals surface area contributed by atoms with E-state index in [1.54, 1.807) is 12.1 Å². The van der Waals surface area contributed by atoms with Crippen molar-refractivity contribution in [2.45, 2.75) is 30.4 Å². The Hall–Kier alpha value is -1.64. The van der Waals surface area contributed by atoms with Crippen LogP contribution in [-0.4, -0.2) is 40.8 Å². The summed E-state index contributed by atoms with van der Waals surface area (Å²) in [6.07, 6.45) is 1.82. The number of sulfonamides is 1. The number of carbonyl (C=O) groups excluding carboxylic acids is 1. The van der Waals surface area contributed by atoms with Gasteiger partial charge in [-0.1, -0.05) is 12.1 Å². The summed E-state index contributed by atoms with van der Waals surface area (Å²) in [6.45, 7) is 1.32. The van der Waals surface area contributed by atoms with Gasteiger partial charge in [-0.05, 0) is 30.5 Å². The minimum absolute atomic E-state index is 0.0363. The van der Waals surface area contributed by atoms with Crippen molar-refractivity contribution >= 4 is 16.1 Å². The number of rotatable bonds is 6. The molecule has 1 aliphatic rings. The molecule has 1 aromatic rings. The molecular formula is C14H21N3O4S. The highest BCUT2D eigenvalue weighted by molar-refractivity contribution is 7.89. The van der Waals surface area contributed by atoms with Crippen LogP contribution in [0.4, 0.5) is 4.79 Å². The third-order valence-electron chi connectivity index (χ3n) is 3.44. The lowest BCUT2D eigenvalue weighted by molar-refractivity contribution is 0.114. The Kier molecular flexibility index (Phi) is 5.76. The summed E-state index contributed by atoms with van der Waals surface area (Å²) in [5.41, 5.74) is 0.821. The van der Waals surface area contributed by atoms with E-state index in [4.69, 9.17) is 4.74 Å². The highest BCUT2D eigenvalue weighted by atomic mass is 32.2. The van der Waals surface area contributed by atoms with Gasteiger partial charge in [0.2, 0.25) is 10.0 Å². The fraction of sp³-hybridized carbons (Fsp3) is 0.500. The number of amides is 2. The first-order chi connectivity index (χ1) is 10.5. The molecule has 0 radical (unpaired) electrons. The van der Waals surface area contributed by atoms with Gasteiger partial charge in [0, 0.05) is 26.7 Å². The molecule has 0 spiro atoms. The Bertz CT molecular complexity index is 595. The van der Waals surface area contributed by atoms with Gasteiger partial charge < -0.3 is 15.4 Å². The first-order valence-electron chi connectivity index (χ1n) is 7.17. The van der Waals surface area contributed by atoms with E-state index in [-0.39, 0.29) is 17.0 Å². The van der Waals surface area contributed by atoms with E-state index in [1.807, 2.05) is 0 Å². The van der Waals surface area contributed by atoms with Gasteiger partial charge in [-0.25, -0.2) is 17.9 Å². The summed E-state index contributed by atoms with van der Waals surface area (Å²) in [6, 6.07) is 6.12. The number of urea groups is 1. The number of hydrogen-bond donors (Lipinski definition) is 3. The van der Waals surface area contributed by atoms with Crippen molar-refractivity contribution in [3.8, 4) is 0 Å². The number of benzene rings is 1. The summed E-state index contributed by atoms with van der Waals surface area (Å²) in [7, 11) is -2.00. The molecule has 0 aliphatic carbocycles. The molecule has 8 heteroatoms. The molecule has 1 aliphatic heterocycles. The van der Waals surface area contributed by atoms with Crippen molar-refractivity contribution in [3.05, 3.63) is 29.8 Å². The maximum absolute atomic E-state index is 12.2. The van der Waals surface area contributed by atoms with Crippen LogP contribution in [0.3, 0.4) is 0 Å². The van der Waals surface area contributed by atoms with Crippen LogP contribution in [0, 0.1) is 0 Å². The topological polar surface area (TPSA) is 96.5 Å². The lowest BCUT2D eigenvalue weighted by Gasteiger charge is -2.12. The molecule has 1 aromatic carbocycles. The zero-order chi connectivity index (χ0) is 16.0. The fourth-order valence-electron chi connectivity index (χ4n) is 2.15. The summed E-state index contributed by atoms with van der Waals surface area (Å²) in [5.74, 6) is 0. The fourth-order valence-corrected chi connectivity index (χ4v) is 3.21. The van der Waals surface area contributed by atoms with Crippen LogP contribution in [0.5, 0.6) is 0 Å². The van der Waals surface area contributed by atoms with Crippen LogP contribution < -0.4 is 15.4 Å². The van der Waals surface area contributed by atoms with E-state index >= 15 is 0 Å². The third kappa shape index (κ3) is 4.69. The maximum Gasteiger partial charge on any atom is 0.314 e. The van der Waals surface area contributed by atoms with Crippen LogP contribution in [0.2, 0.25) is 0 Å². The molecule has 3 N–H and O–H groups in total.